The van der Waals surface area contributed by atoms with Gasteiger partial charge in [0.05, 0.1) is 18.3 Å². The Morgan fingerprint density at radius 2 is 2.24 bits per heavy atom. The number of nitrogens with zero attached hydrogens (tertiary/aromatic N) is 4. The molecule has 25 heavy (non-hydrogen) atoms. The molecule has 5 rings (SSSR count). The molecule has 3 fully saturated rings. The number of halogens is 1. The third-order valence-electron chi connectivity index (χ3n) is 6.68. The van der Waals surface area contributed by atoms with Gasteiger partial charge in [-0.1, -0.05) is 25.4 Å². The molecule has 132 valence electrons. The van der Waals surface area contributed by atoms with E-state index in [1.165, 1.54) is 0 Å². The van der Waals surface area contributed by atoms with E-state index in [2.05, 4.69) is 33.4 Å². The fourth-order valence-electron chi connectivity index (χ4n) is 5.75. The molecule has 0 radical (unpaired) electrons. The van der Waals surface area contributed by atoms with Crippen molar-refractivity contribution >= 4 is 34.7 Å². The number of esters is 1. The van der Waals surface area contributed by atoms with Crippen molar-refractivity contribution in [3.8, 4) is 0 Å². The summed E-state index contributed by atoms with van der Waals surface area (Å²) >= 11 is 6.17. The van der Waals surface area contributed by atoms with E-state index in [0.29, 0.717) is 29.6 Å². The number of hydrogen-bond donors (Lipinski definition) is 1. The van der Waals surface area contributed by atoms with Crippen LogP contribution in [0.3, 0.4) is 0 Å². The maximum absolute atomic E-state index is 12.7. The minimum atomic E-state index is -0.339. The normalized spacial score (nSPS) is 36.8. The van der Waals surface area contributed by atoms with Crippen LogP contribution in [0.2, 0.25) is 5.15 Å². The second kappa shape index (κ2) is 4.44. The topological polar surface area (TPSA) is 95.9 Å². The number of nitrogens with two attached hydrogens (primary N) is 1. The summed E-state index contributed by atoms with van der Waals surface area (Å²) in [4.78, 5) is 25.4. The van der Waals surface area contributed by atoms with Gasteiger partial charge < -0.3 is 15.0 Å². The molecule has 0 aliphatic heterocycles. The van der Waals surface area contributed by atoms with Gasteiger partial charge in [0.25, 0.3) is 0 Å². The third kappa shape index (κ3) is 1.67. The number of hydrogen-bond acceptors (Lipinski definition) is 6. The molecule has 0 spiro atoms. The number of nitrogen functional groups attached to an aromatic ring is 1. The lowest BCUT2D eigenvalue weighted by Gasteiger charge is -2.22. The molecule has 0 saturated heterocycles. The second-order valence-electron chi connectivity index (χ2n) is 8.08. The summed E-state index contributed by atoms with van der Waals surface area (Å²) in [6, 6.07) is 0.166. The highest BCUT2D eigenvalue weighted by Crippen LogP contribution is 2.88. The van der Waals surface area contributed by atoms with Crippen molar-refractivity contribution in [2.24, 2.45) is 28.6 Å². The Labute approximate surface area is 149 Å². The molecule has 2 N–H and O–H groups in total. The summed E-state index contributed by atoms with van der Waals surface area (Å²) in [5, 5.41) is 0.262. The molecule has 2 aromatic heterocycles. The summed E-state index contributed by atoms with van der Waals surface area (Å²) in [7, 11) is 0. The summed E-state index contributed by atoms with van der Waals surface area (Å²) in [5.74, 6) is 1.11. The Balaban J connectivity index is 1.62. The second-order valence-corrected chi connectivity index (χ2v) is 8.44. The van der Waals surface area contributed by atoms with Crippen LogP contribution in [0, 0.1) is 28.6 Å². The number of aromatic nitrogens is 4. The molecule has 0 bridgehead atoms. The highest BCUT2D eigenvalue weighted by molar-refractivity contribution is 6.33. The Bertz CT molecular complexity index is 925. The zero-order chi connectivity index (χ0) is 17.7. The third-order valence-corrected chi connectivity index (χ3v) is 6.94. The summed E-state index contributed by atoms with van der Waals surface area (Å²) in [6.07, 6.45) is 2.63. The van der Waals surface area contributed by atoms with E-state index in [1.807, 2.05) is 6.92 Å². The molecule has 3 saturated carbocycles. The van der Waals surface area contributed by atoms with Crippen molar-refractivity contribution in [1.82, 2.24) is 19.5 Å². The van der Waals surface area contributed by atoms with Crippen LogP contribution in [0.4, 0.5) is 5.95 Å². The number of rotatable bonds is 3. The molecule has 0 aromatic carbocycles. The van der Waals surface area contributed by atoms with Gasteiger partial charge in [0, 0.05) is 6.04 Å². The van der Waals surface area contributed by atoms with E-state index in [9.17, 15) is 4.79 Å². The predicted octanol–water partition coefficient (Wildman–Crippen LogP) is 2.46. The maximum atomic E-state index is 12.7. The molecule has 8 heteroatoms. The van der Waals surface area contributed by atoms with Crippen LogP contribution in [0.15, 0.2) is 6.33 Å². The van der Waals surface area contributed by atoms with Crippen LogP contribution in [-0.2, 0) is 9.53 Å². The van der Waals surface area contributed by atoms with Gasteiger partial charge in [-0.25, -0.2) is 4.98 Å². The Hall–Kier alpha value is -1.89. The molecule has 0 amide bonds. The van der Waals surface area contributed by atoms with Gasteiger partial charge >= 0.3 is 5.97 Å². The first-order chi connectivity index (χ1) is 11.8. The van der Waals surface area contributed by atoms with Crippen LogP contribution < -0.4 is 5.73 Å². The zero-order valence-corrected chi connectivity index (χ0v) is 15.1. The minimum Gasteiger partial charge on any atom is -0.466 e. The molecule has 2 heterocycles. The van der Waals surface area contributed by atoms with Crippen molar-refractivity contribution in [1.29, 1.82) is 0 Å². The van der Waals surface area contributed by atoms with Gasteiger partial charge in [0.1, 0.15) is 5.52 Å². The standard InChI is InChI=1S/C17H20ClN5O2/c1-4-25-14(24)17-5-7(17)10(8-11(17)16(8,2)3)23-6-20-9-12(18)21-15(19)22-13(9)23/h6-8,10-11H,4-5H2,1-3H3,(H2,19,21,22)/t7-,8+,10+,11-,17-/m1/s1. The molecule has 3 aliphatic rings. The number of anilines is 1. The largest absolute Gasteiger partial charge is 0.466 e. The summed E-state index contributed by atoms with van der Waals surface area (Å²) in [6.45, 7) is 6.75. The van der Waals surface area contributed by atoms with Gasteiger partial charge in [-0.15, -0.1) is 0 Å². The lowest BCUT2D eigenvalue weighted by molar-refractivity contribution is -0.151. The molecule has 2 aromatic rings. The first-order valence-electron chi connectivity index (χ1n) is 8.66. The van der Waals surface area contributed by atoms with E-state index < -0.39 is 0 Å². The van der Waals surface area contributed by atoms with E-state index in [-0.39, 0.29) is 39.9 Å². The van der Waals surface area contributed by atoms with E-state index in [4.69, 9.17) is 22.1 Å². The predicted molar refractivity (Wildman–Crippen MR) is 91.7 cm³/mol. The van der Waals surface area contributed by atoms with Gasteiger partial charge in [-0.05, 0) is 36.5 Å². The monoisotopic (exact) mass is 361 g/mol. The van der Waals surface area contributed by atoms with Crippen LogP contribution in [0.25, 0.3) is 11.2 Å². The number of ether oxygens (including phenoxy) is 1. The van der Waals surface area contributed by atoms with Crippen molar-refractivity contribution in [2.75, 3.05) is 12.3 Å². The molecule has 3 aliphatic carbocycles. The quantitative estimate of drug-likeness (QED) is 0.666. The summed E-state index contributed by atoms with van der Waals surface area (Å²) in [5.41, 5.74) is 6.75. The van der Waals surface area contributed by atoms with Crippen molar-refractivity contribution in [3.05, 3.63) is 11.5 Å². The van der Waals surface area contributed by atoms with Crippen LogP contribution in [0.1, 0.15) is 33.2 Å². The van der Waals surface area contributed by atoms with Gasteiger partial charge in [0.2, 0.25) is 5.95 Å². The molecule has 0 unspecified atom stereocenters. The van der Waals surface area contributed by atoms with E-state index >= 15 is 0 Å². The Kier molecular flexibility index (Phi) is 2.73. The smallest absolute Gasteiger partial charge is 0.312 e. The van der Waals surface area contributed by atoms with Crippen molar-refractivity contribution in [3.63, 3.8) is 0 Å². The number of carbonyl (C=O) groups excluding carboxylic acids is 1. The van der Waals surface area contributed by atoms with Gasteiger partial charge in [-0.3, -0.25) is 4.79 Å². The van der Waals surface area contributed by atoms with Gasteiger partial charge in [-0.2, -0.15) is 9.97 Å². The van der Waals surface area contributed by atoms with E-state index in [1.54, 1.807) is 6.33 Å². The average molecular weight is 362 g/mol. The number of carbonyl (C=O) groups is 1. The number of fused-ring (bicyclic) bond motifs is 4. The van der Waals surface area contributed by atoms with Gasteiger partial charge in [0.15, 0.2) is 10.8 Å². The van der Waals surface area contributed by atoms with Crippen molar-refractivity contribution in [2.45, 2.75) is 33.2 Å². The Morgan fingerprint density at radius 1 is 1.48 bits per heavy atom. The fraction of sp³-hybridized carbons (Fsp3) is 0.647. The first-order valence-corrected chi connectivity index (χ1v) is 9.04. The molecular formula is C17H20ClN5O2. The highest BCUT2D eigenvalue weighted by Gasteiger charge is 2.88. The Morgan fingerprint density at radius 3 is 2.96 bits per heavy atom. The first kappa shape index (κ1) is 15.4. The highest BCUT2D eigenvalue weighted by atomic mass is 35.5. The maximum Gasteiger partial charge on any atom is 0.312 e. The lowest BCUT2D eigenvalue weighted by Crippen LogP contribution is -2.26. The number of imidazole rings is 1. The zero-order valence-electron chi connectivity index (χ0n) is 14.4. The molecular weight excluding hydrogens is 342 g/mol. The fourth-order valence-corrected chi connectivity index (χ4v) is 5.97. The van der Waals surface area contributed by atoms with Crippen LogP contribution in [-0.4, -0.2) is 32.1 Å². The van der Waals surface area contributed by atoms with Crippen molar-refractivity contribution < 1.29 is 9.53 Å². The molecule has 7 nitrogen and oxygen atoms in total. The molecule has 5 atom stereocenters. The average Bonchev–Trinajstić information content (AvgIpc) is 3.26. The lowest BCUT2D eigenvalue weighted by atomic mass is 9.90. The van der Waals surface area contributed by atoms with Crippen LogP contribution >= 0.6 is 11.6 Å². The van der Waals surface area contributed by atoms with E-state index in [0.717, 1.165) is 6.42 Å². The van der Waals surface area contributed by atoms with Crippen LogP contribution in [0.5, 0.6) is 0 Å². The SMILES string of the molecule is CCOC(=O)[C@]12C[C@@H]1[C@H](n1cnc3c(Cl)nc(N)nc31)[C@H]1[C@@H]2C1(C)C. The summed E-state index contributed by atoms with van der Waals surface area (Å²) < 4.78 is 7.48. The minimum absolute atomic E-state index is 0.0420.